The minimum absolute atomic E-state index is 0.0514. The molecule has 5 heteroatoms. The summed E-state index contributed by atoms with van der Waals surface area (Å²) >= 11 is 1.82. The minimum Gasteiger partial charge on any atom is -0.497 e. The summed E-state index contributed by atoms with van der Waals surface area (Å²) in [6.45, 7) is -0.450. The van der Waals surface area contributed by atoms with Crippen molar-refractivity contribution in [2.75, 3.05) is 20.4 Å². The van der Waals surface area contributed by atoms with E-state index in [-0.39, 0.29) is 6.61 Å². The molecule has 0 N–H and O–H groups in total. The molecular weight excluding hydrogens is 289 g/mol. The molecule has 2 aromatic rings. The van der Waals surface area contributed by atoms with Gasteiger partial charge in [-0.2, -0.15) is 0 Å². The molecule has 0 bridgehead atoms. The minimum atomic E-state index is -0.501. The van der Waals surface area contributed by atoms with Gasteiger partial charge in [-0.15, -0.1) is 11.8 Å². The van der Waals surface area contributed by atoms with Crippen LogP contribution in [0.5, 0.6) is 11.6 Å². The Morgan fingerprint density at radius 3 is 2.95 bits per heavy atom. The number of methoxy groups -OCH3 is 1. The van der Waals surface area contributed by atoms with E-state index in [2.05, 4.69) is 17.1 Å². The number of fused-ring (bicyclic) bond motifs is 1. The SMILES string of the molecule is COc1ccc2c(c1)SC(c1ccc(OCCF)nc1)C2. The van der Waals surface area contributed by atoms with Crippen molar-refractivity contribution in [1.82, 2.24) is 4.98 Å². The van der Waals surface area contributed by atoms with Crippen LogP contribution < -0.4 is 9.47 Å². The third kappa shape index (κ3) is 3.13. The standard InChI is InChI=1S/C16H16FNO2S/c1-19-13-4-2-11-8-14(21-15(11)9-13)12-3-5-16(18-10-12)20-7-6-17/h2-5,9-10,14H,6-8H2,1H3. The van der Waals surface area contributed by atoms with E-state index in [4.69, 9.17) is 9.47 Å². The molecule has 1 aromatic carbocycles. The first-order valence-electron chi connectivity index (χ1n) is 6.78. The number of nitrogens with zero attached hydrogens (tertiary/aromatic N) is 1. The molecule has 1 unspecified atom stereocenters. The fraction of sp³-hybridized carbons (Fsp3) is 0.312. The van der Waals surface area contributed by atoms with E-state index in [0.29, 0.717) is 11.1 Å². The summed E-state index contributed by atoms with van der Waals surface area (Å²) in [5.41, 5.74) is 2.49. The van der Waals surface area contributed by atoms with Gasteiger partial charge in [0, 0.05) is 22.4 Å². The molecule has 1 aromatic heterocycles. The largest absolute Gasteiger partial charge is 0.497 e. The molecule has 21 heavy (non-hydrogen) atoms. The zero-order valence-electron chi connectivity index (χ0n) is 11.7. The summed E-state index contributed by atoms with van der Waals surface area (Å²) < 4.78 is 22.5. The van der Waals surface area contributed by atoms with E-state index in [1.165, 1.54) is 10.5 Å². The lowest BCUT2D eigenvalue weighted by Gasteiger charge is -2.09. The molecule has 0 saturated heterocycles. The first-order chi connectivity index (χ1) is 10.3. The molecule has 3 nitrogen and oxygen atoms in total. The number of rotatable bonds is 5. The second-order valence-electron chi connectivity index (χ2n) is 4.75. The number of benzene rings is 1. The highest BCUT2D eigenvalue weighted by Gasteiger charge is 2.24. The van der Waals surface area contributed by atoms with Gasteiger partial charge in [0.15, 0.2) is 0 Å². The Bertz CT molecular complexity index is 618. The Morgan fingerprint density at radius 1 is 1.33 bits per heavy atom. The summed E-state index contributed by atoms with van der Waals surface area (Å²) in [5, 5.41) is 0.356. The number of pyridine rings is 1. The van der Waals surface area contributed by atoms with Gasteiger partial charge in [0.2, 0.25) is 5.88 Å². The summed E-state index contributed by atoms with van der Waals surface area (Å²) in [7, 11) is 1.68. The van der Waals surface area contributed by atoms with Crippen molar-refractivity contribution < 1.29 is 13.9 Å². The lowest BCUT2D eigenvalue weighted by molar-refractivity contribution is 0.264. The third-order valence-corrected chi connectivity index (χ3v) is 4.76. The Hall–Kier alpha value is -1.75. The van der Waals surface area contributed by atoms with Crippen LogP contribution in [-0.4, -0.2) is 25.4 Å². The highest BCUT2D eigenvalue weighted by Crippen LogP contribution is 2.47. The maximum Gasteiger partial charge on any atom is 0.213 e. The van der Waals surface area contributed by atoms with Gasteiger partial charge in [-0.1, -0.05) is 12.1 Å². The van der Waals surface area contributed by atoms with Gasteiger partial charge in [0.05, 0.1) is 7.11 Å². The van der Waals surface area contributed by atoms with Crippen molar-refractivity contribution in [2.24, 2.45) is 0 Å². The average molecular weight is 305 g/mol. The average Bonchev–Trinajstić information content (AvgIpc) is 2.96. The predicted molar refractivity (Wildman–Crippen MR) is 81.0 cm³/mol. The lowest BCUT2D eigenvalue weighted by atomic mass is 10.1. The van der Waals surface area contributed by atoms with Crippen molar-refractivity contribution in [2.45, 2.75) is 16.6 Å². The molecule has 3 rings (SSSR count). The number of hydrogen-bond donors (Lipinski definition) is 0. The highest BCUT2D eigenvalue weighted by atomic mass is 32.2. The smallest absolute Gasteiger partial charge is 0.213 e. The highest BCUT2D eigenvalue weighted by molar-refractivity contribution is 7.99. The third-order valence-electron chi connectivity index (χ3n) is 3.41. The van der Waals surface area contributed by atoms with Crippen LogP contribution in [0.25, 0.3) is 0 Å². The van der Waals surface area contributed by atoms with Gasteiger partial charge in [-0.3, -0.25) is 0 Å². The Labute approximate surface area is 127 Å². The molecule has 0 amide bonds. The Kier molecular flexibility index (Phi) is 4.29. The second kappa shape index (κ2) is 6.35. The first kappa shape index (κ1) is 14.2. The lowest BCUT2D eigenvalue weighted by Crippen LogP contribution is -2.01. The zero-order chi connectivity index (χ0) is 14.7. The number of ether oxygens (including phenoxy) is 2. The van der Waals surface area contributed by atoms with Gasteiger partial charge < -0.3 is 9.47 Å². The first-order valence-corrected chi connectivity index (χ1v) is 7.66. The van der Waals surface area contributed by atoms with Crippen LogP contribution in [-0.2, 0) is 6.42 Å². The summed E-state index contributed by atoms with van der Waals surface area (Å²) in [5.74, 6) is 1.36. The van der Waals surface area contributed by atoms with E-state index < -0.39 is 6.67 Å². The Balaban J connectivity index is 1.71. The molecule has 0 aliphatic carbocycles. The molecule has 110 valence electrons. The molecule has 0 saturated carbocycles. The second-order valence-corrected chi connectivity index (χ2v) is 6.00. The van der Waals surface area contributed by atoms with Crippen LogP contribution in [0.1, 0.15) is 16.4 Å². The normalized spacial score (nSPS) is 16.6. The number of alkyl halides is 1. The van der Waals surface area contributed by atoms with Crippen LogP contribution in [0.4, 0.5) is 4.39 Å². The number of halogens is 1. The molecule has 2 heterocycles. The fourth-order valence-electron chi connectivity index (χ4n) is 2.33. The predicted octanol–water partition coefficient (Wildman–Crippen LogP) is 3.83. The van der Waals surface area contributed by atoms with Gasteiger partial charge in [-0.25, -0.2) is 9.37 Å². The Morgan fingerprint density at radius 2 is 2.24 bits per heavy atom. The topological polar surface area (TPSA) is 31.4 Å². The number of thioether (sulfide) groups is 1. The summed E-state index contributed by atoms with van der Waals surface area (Å²) in [4.78, 5) is 5.49. The molecule has 1 aliphatic heterocycles. The summed E-state index contributed by atoms with van der Waals surface area (Å²) in [6.07, 6.45) is 2.80. The van der Waals surface area contributed by atoms with Crippen LogP contribution in [0.15, 0.2) is 41.4 Å². The van der Waals surface area contributed by atoms with E-state index in [0.717, 1.165) is 17.7 Å². The number of aromatic nitrogens is 1. The zero-order valence-corrected chi connectivity index (χ0v) is 12.5. The van der Waals surface area contributed by atoms with Crippen molar-refractivity contribution in [1.29, 1.82) is 0 Å². The van der Waals surface area contributed by atoms with Gasteiger partial charge in [0.1, 0.15) is 19.0 Å². The fourth-order valence-corrected chi connectivity index (χ4v) is 3.66. The number of hydrogen-bond acceptors (Lipinski definition) is 4. The van der Waals surface area contributed by atoms with E-state index >= 15 is 0 Å². The maximum atomic E-state index is 12.1. The van der Waals surface area contributed by atoms with Crippen LogP contribution in [0.3, 0.4) is 0 Å². The molecule has 1 atom stereocenters. The molecular formula is C16H16FNO2S. The summed E-state index contributed by atoms with van der Waals surface area (Å²) in [6, 6.07) is 9.99. The van der Waals surface area contributed by atoms with Crippen molar-refractivity contribution in [3.8, 4) is 11.6 Å². The van der Waals surface area contributed by atoms with Crippen LogP contribution in [0.2, 0.25) is 0 Å². The van der Waals surface area contributed by atoms with Crippen molar-refractivity contribution in [3.63, 3.8) is 0 Å². The molecule has 0 fully saturated rings. The van der Waals surface area contributed by atoms with Crippen molar-refractivity contribution >= 4 is 11.8 Å². The van der Waals surface area contributed by atoms with Crippen LogP contribution in [0, 0.1) is 0 Å². The molecule has 0 spiro atoms. The van der Waals surface area contributed by atoms with Gasteiger partial charge >= 0.3 is 0 Å². The van der Waals surface area contributed by atoms with Gasteiger partial charge in [-0.05, 0) is 29.7 Å². The van der Waals surface area contributed by atoms with Crippen molar-refractivity contribution in [3.05, 3.63) is 47.7 Å². The molecule has 0 radical (unpaired) electrons. The molecule has 1 aliphatic rings. The van der Waals surface area contributed by atoms with E-state index in [9.17, 15) is 4.39 Å². The maximum absolute atomic E-state index is 12.1. The van der Waals surface area contributed by atoms with Gasteiger partial charge in [0.25, 0.3) is 0 Å². The quantitative estimate of drug-likeness (QED) is 0.840. The van der Waals surface area contributed by atoms with E-state index in [1.807, 2.05) is 30.1 Å². The van der Waals surface area contributed by atoms with E-state index in [1.54, 1.807) is 13.2 Å². The van der Waals surface area contributed by atoms with Crippen LogP contribution >= 0.6 is 11.8 Å². The monoisotopic (exact) mass is 305 g/mol.